The summed E-state index contributed by atoms with van der Waals surface area (Å²) in [5.41, 5.74) is 2.98. The minimum Gasteiger partial charge on any atom is -0.282 e. The molecule has 0 spiro atoms. The molecule has 17 heavy (non-hydrogen) atoms. The van der Waals surface area contributed by atoms with Crippen LogP contribution >= 0.6 is 0 Å². The Hall–Kier alpha value is -1.39. The standard InChI is InChI=1S/C13H14O3S/c1-8-4-5-12-9(2)6-11(17(14,15)16)7-13(12)10(8)3/h4-7H,1-3H3,(H,14,15,16). The van der Waals surface area contributed by atoms with Crippen LogP contribution < -0.4 is 0 Å². The van der Waals surface area contributed by atoms with Gasteiger partial charge in [-0.15, -0.1) is 0 Å². The van der Waals surface area contributed by atoms with Gasteiger partial charge in [0, 0.05) is 0 Å². The number of hydrogen-bond acceptors (Lipinski definition) is 2. The normalized spacial score (nSPS) is 12.0. The molecule has 0 radical (unpaired) electrons. The maximum absolute atomic E-state index is 11.2. The molecule has 0 fully saturated rings. The first-order chi connectivity index (χ1) is 7.80. The fourth-order valence-electron chi connectivity index (χ4n) is 1.99. The smallest absolute Gasteiger partial charge is 0.282 e. The molecule has 0 saturated carbocycles. The highest BCUT2D eigenvalue weighted by molar-refractivity contribution is 7.85. The van der Waals surface area contributed by atoms with Crippen molar-refractivity contribution in [2.75, 3.05) is 0 Å². The van der Waals surface area contributed by atoms with Gasteiger partial charge in [0.2, 0.25) is 0 Å². The van der Waals surface area contributed by atoms with Crippen LogP contribution in [-0.4, -0.2) is 13.0 Å². The Morgan fingerprint density at radius 2 is 1.59 bits per heavy atom. The van der Waals surface area contributed by atoms with E-state index >= 15 is 0 Å². The molecule has 0 aromatic heterocycles. The fraction of sp³-hybridized carbons (Fsp3) is 0.231. The van der Waals surface area contributed by atoms with E-state index in [1.165, 1.54) is 12.1 Å². The third-order valence-electron chi connectivity index (χ3n) is 3.15. The molecule has 3 nitrogen and oxygen atoms in total. The lowest BCUT2D eigenvalue weighted by molar-refractivity contribution is 0.483. The maximum atomic E-state index is 11.2. The van der Waals surface area contributed by atoms with Crippen molar-refractivity contribution in [1.29, 1.82) is 0 Å². The first-order valence-corrected chi connectivity index (χ1v) is 6.73. The van der Waals surface area contributed by atoms with Crippen LogP contribution in [0.3, 0.4) is 0 Å². The zero-order valence-electron chi connectivity index (χ0n) is 9.98. The second-order valence-electron chi connectivity index (χ2n) is 4.32. The molecule has 0 aliphatic heterocycles. The fourth-order valence-corrected chi connectivity index (χ4v) is 2.58. The highest BCUT2D eigenvalue weighted by Crippen LogP contribution is 2.27. The van der Waals surface area contributed by atoms with E-state index in [2.05, 4.69) is 0 Å². The van der Waals surface area contributed by atoms with Crippen LogP contribution in [0, 0.1) is 20.8 Å². The quantitative estimate of drug-likeness (QED) is 0.791. The Labute approximate surface area is 101 Å². The van der Waals surface area contributed by atoms with Gasteiger partial charge in [0.15, 0.2) is 0 Å². The van der Waals surface area contributed by atoms with Gasteiger partial charge >= 0.3 is 0 Å². The Morgan fingerprint density at radius 1 is 0.941 bits per heavy atom. The largest absolute Gasteiger partial charge is 0.294 e. The molecule has 90 valence electrons. The van der Waals surface area contributed by atoms with Gasteiger partial charge in [-0.1, -0.05) is 12.1 Å². The van der Waals surface area contributed by atoms with E-state index in [0.29, 0.717) is 0 Å². The van der Waals surface area contributed by atoms with Gasteiger partial charge in [-0.05, 0) is 60.4 Å². The molecular formula is C13H14O3S. The second kappa shape index (κ2) is 3.82. The third-order valence-corrected chi connectivity index (χ3v) is 3.99. The van der Waals surface area contributed by atoms with Crippen molar-refractivity contribution >= 4 is 20.9 Å². The molecule has 4 heteroatoms. The molecule has 0 bridgehead atoms. The number of hydrogen-bond donors (Lipinski definition) is 1. The summed E-state index contributed by atoms with van der Waals surface area (Å²) in [5.74, 6) is 0. The van der Waals surface area contributed by atoms with E-state index in [1.54, 1.807) is 0 Å². The Balaban J connectivity index is 2.94. The van der Waals surface area contributed by atoms with E-state index in [4.69, 9.17) is 4.55 Å². The Bertz CT molecular complexity index is 700. The molecule has 0 aliphatic carbocycles. The SMILES string of the molecule is Cc1ccc2c(C)cc(S(=O)(=O)O)cc2c1C. The summed E-state index contributed by atoms with van der Waals surface area (Å²) in [5, 5.41) is 1.89. The number of benzene rings is 2. The summed E-state index contributed by atoms with van der Waals surface area (Å²) in [6, 6.07) is 7.00. The summed E-state index contributed by atoms with van der Waals surface area (Å²) in [4.78, 5) is -0.0452. The average molecular weight is 250 g/mol. The first-order valence-electron chi connectivity index (χ1n) is 5.29. The lowest BCUT2D eigenvalue weighted by atomic mass is 9.98. The topological polar surface area (TPSA) is 54.4 Å². The minimum atomic E-state index is -4.15. The zero-order chi connectivity index (χ0) is 12.8. The summed E-state index contributed by atoms with van der Waals surface area (Å²) < 4.78 is 31.5. The number of rotatable bonds is 1. The van der Waals surface area contributed by atoms with E-state index in [9.17, 15) is 8.42 Å². The molecule has 0 atom stereocenters. The van der Waals surface area contributed by atoms with Gasteiger partial charge in [-0.3, -0.25) is 4.55 Å². The molecule has 2 aromatic carbocycles. The van der Waals surface area contributed by atoms with Crippen molar-refractivity contribution < 1.29 is 13.0 Å². The second-order valence-corrected chi connectivity index (χ2v) is 5.74. The number of fused-ring (bicyclic) bond motifs is 1. The summed E-state index contributed by atoms with van der Waals surface area (Å²) in [7, 11) is -4.15. The molecule has 0 aliphatic rings. The predicted molar refractivity (Wildman–Crippen MR) is 68.0 cm³/mol. The van der Waals surface area contributed by atoms with Crippen molar-refractivity contribution in [3.8, 4) is 0 Å². The van der Waals surface area contributed by atoms with Gasteiger partial charge in [-0.25, -0.2) is 0 Å². The average Bonchev–Trinajstić information content (AvgIpc) is 2.22. The van der Waals surface area contributed by atoms with Crippen LogP contribution in [0.2, 0.25) is 0 Å². The summed E-state index contributed by atoms with van der Waals surface area (Å²) in [6.45, 7) is 5.76. The van der Waals surface area contributed by atoms with Crippen molar-refractivity contribution in [2.24, 2.45) is 0 Å². The highest BCUT2D eigenvalue weighted by Gasteiger charge is 2.13. The Morgan fingerprint density at radius 3 is 2.18 bits per heavy atom. The molecule has 0 saturated heterocycles. The van der Waals surface area contributed by atoms with Crippen LogP contribution in [0.4, 0.5) is 0 Å². The molecule has 0 heterocycles. The molecule has 0 amide bonds. The summed E-state index contributed by atoms with van der Waals surface area (Å²) in [6.07, 6.45) is 0. The first kappa shape index (κ1) is 12.1. The molecule has 1 N–H and O–H groups in total. The van der Waals surface area contributed by atoms with Crippen LogP contribution in [-0.2, 0) is 10.1 Å². The van der Waals surface area contributed by atoms with Crippen molar-refractivity contribution in [3.63, 3.8) is 0 Å². The zero-order valence-corrected chi connectivity index (χ0v) is 10.8. The number of aryl methyl sites for hydroxylation is 3. The van der Waals surface area contributed by atoms with Gasteiger partial charge < -0.3 is 0 Å². The van der Waals surface area contributed by atoms with Crippen molar-refractivity contribution in [3.05, 3.63) is 41.0 Å². The van der Waals surface area contributed by atoms with Gasteiger partial charge in [-0.2, -0.15) is 8.42 Å². The highest BCUT2D eigenvalue weighted by atomic mass is 32.2. The lowest BCUT2D eigenvalue weighted by Crippen LogP contribution is -1.99. The predicted octanol–water partition coefficient (Wildman–Crippen LogP) is 3.01. The van der Waals surface area contributed by atoms with Gasteiger partial charge in [0.25, 0.3) is 10.1 Å². The maximum Gasteiger partial charge on any atom is 0.294 e. The third kappa shape index (κ3) is 2.06. The van der Waals surface area contributed by atoms with E-state index < -0.39 is 10.1 Å². The molecule has 2 aromatic rings. The minimum absolute atomic E-state index is 0.0452. The molecule has 2 rings (SSSR count). The van der Waals surface area contributed by atoms with Crippen LogP contribution in [0.15, 0.2) is 29.2 Å². The molecular weight excluding hydrogens is 236 g/mol. The monoisotopic (exact) mass is 250 g/mol. The van der Waals surface area contributed by atoms with E-state index in [0.717, 1.165) is 27.5 Å². The van der Waals surface area contributed by atoms with Crippen LogP contribution in [0.1, 0.15) is 16.7 Å². The van der Waals surface area contributed by atoms with Crippen LogP contribution in [0.5, 0.6) is 0 Å². The lowest BCUT2D eigenvalue weighted by Gasteiger charge is -2.10. The Kier molecular flexibility index (Phi) is 2.72. The van der Waals surface area contributed by atoms with Crippen molar-refractivity contribution in [1.82, 2.24) is 0 Å². The van der Waals surface area contributed by atoms with Gasteiger partial charge in [0.1, 0.15) is 0 Å². The summed E-state index contributed by atoms with van der Waals surface area (Å²) >= 11 is 0. The molecule has 0 unspecified atom stereocenters. The van der Waals surface area contributed by atoms with Crippen molar-refractivity contribution in [2.45, 2.75) is 25.7 Å². The van der Waals surface area contributed by atoms with Gasteiger partial charge in [0.05, 0.1) is 4.90 Å². The van der Waals surface area contributed by atoms with E-state index in [1.807, 2.05) is 32.9 Å². The van der Waals surface area contributed by atoms with E-state index in [-0.39, 0.29) is 4.90 Å². The van der Waals surface area contributed by atoms with Crippen LogP contribution in [0.25, 0.3) is 10.8 Å².